The van der Waals surface area contributed by atoms with Crippen molar-refractivity contribution in [3.8, 4) is 11.4 Å². The van der Waals surface area contributed by atoms with E-state index in [-0.39, 0.29) is 5.82 Å². The molecule has 5 rings (SSSR count). The molecule has 0 aliphatic carbocycles. The van der Waals surface area contributed by atoms with Crippen LogP contribution >= 0.6 is 0 Å². The minimum absolute atomic E-state index is 0.295. The largest absolute Gasteiger partial charge is 0.345 e. The van der Waals surface area contributed by atoms with Crippen LogP contribution < -0.4 is 0 Å². The number of nitrogens with one attached hydrogen (secondary N) is 1. The van der Waals surface area contributed by atoms with Crippen LogP contribution in [0.4, 0.5) is 4.39 Å². The van der Waals surface area contributed by atoms with Crippen LogP contribution in [-0.4, -0.2) is 34.5 Å². The third-order valence-corrected chi connectivity index (χ3v) is 4.32. The van der Waals surface area contributed by atoms with Crippen LogP contribution in [0.1, 0.15) is 0 Å². The first-order valence-electron chi connectivity index (χ1n) is 8.22. The van der Waals surface area contributed by atoms with Gasteiger partial charge >= 0.3 is 0 Å². The van der Waals surface area contributed by atoms with Crippen LogP contribution in [0.3, 0.4) is 0 Å². The second-order valence-electron chi connectivity index (χ2n) is 5.97. The summed E-state index contributed by atoms with van der Waals surface area (Å²) >= 11 is 0. The van der Waals surface area contributed by atoms with Gasteiger partial charge in [0.05, 0.1) is 24.8 Å². The summed E-state index contributed by atoms with van der Waals surface area (Å²) < 4.78 is 17.4. The molecule has 0 saturated carbocycles. The van der Waals surface area contributed by atoms with Gasteiger partial charge in [-0.05, 0) is 30.3 Å². The number of nitrogens with zero attached hydrogens (tertiary/aromatic N) is 6. The lowest BCUT2D eigenvalue weighted by atomic mass is 10.1. The number of H-pyrrole nitrogens is 1. The Balaban J connectivity index is 1.62. The summed E-state index contributed by atoms with van der Waals surface area (Å²) in [6.45, 7) is 1.21. The number of hydrogen-bond donors (Lipinski definition) is 1. The summed E-state index contributed by atoms with van der Waals surface area (Å²) in [6.07, 6.45) is 7.10. The summed E-state index contributed by atoms with van der Waals surface area (Å²) in [4.78, 5) is 12.0. The van der Waals surface area contributed by atoms with Crippen molar-refractivity contribution in [1.29, 1.82) is 0 Å². The number of fused-ring (bicyclic) bond motifs is 2. The molecule has 0 bridgehead atoms. The summed E-state index contributed by atoms with van der Waals surface area (Å²) in [5.74, 6) is -0.295. The number of aromatic nitrogens is 7. The topological polar surface area (TPSA) is 77.2 Å². The number of halogens is 1. The highest BCUT2D eigenvalue weighted by molar-refractivity contribution is 5.93. The first-order chi connectivity index (χ1) is 12.8. The van der Waals surface area contributed by atoms with E-state index in [1.807, 2.05) is 23.0 Å². The molecule has 8 heteroatoms. The molecule has 26 heavy (non-hydrogen) atoms. The van der Waals surface area contributed by atoms with E-state index in [2.05, 4.69) is 25.1 Å². The highest BCUT2D eigenvalue weighted by Crippen LogP contribution is 2.28. The lowest BCUT2D eigenvalue weighted by molar-refractivity contribution is 0.510. The Labute approximate surface area is 147 Å². The van der Waals surface area contributed by atoms with Crippen LogP contribution in [-0.2, 0) is 13.1 Å². The predicted octanol–water partition coefficient (Wildman–Crippen LogP) is 3.01. The summed E-state index contributed by atoms with van der Waals surface area (Å²) in [5.41, 5.74) is 3.57. The van der Waals surface area contributed by atoms with Gasteiger partial charge in [0.15, 0.2) is 5.65 Å². The Morgan fingerprint density at radius 3 is 3.00 bits per heavy atom. The SMILES string of the molecule is Fc1ccc2c(-c3cnc4[nH]ccc4n3)nn(CCn3cccn3)c2c1. The molecule has 0 amide bonds. The quantitative estimate of drug-likeness (QED) is 0.542. The monoisotopic (exact) mass is 347 g/mol. The van der Waals surface area contributed by atoms with Gasteiger partial charge in [0, 0.05) is 24.0 Å². The Kier molecular flexibility index (Phi) is 3.27. The summed E-state index contributed by atoms with van der Waals surface area (Å²) in [5, 5.41) is 9.73. The fourth-order valence-corrected chi connectivity index (χ4v) is 3.08. The second-order valence-corrected chi connectivity index (χ2v) is 5.97. The van der Waals surface area contributed by atoms with Crippen molar-refractivity contribution >= 4 is 22.1 Å². The van der Waals surface area contributed by atoms with Gasteiger partial charge in [-0.15, -0.1) is 0 Å². The van der Waals surface area contributed by atoms with Crippen molar-refractivity contribution in [1.82, 2.24) is 34.5 Å². The maximum absolute atomic E-state index is 13.8. The highest BCUT2D eigenvalue weighted by atomic mass is 19.1. The zero-order valence-electron chi connectivity index (χ0n) is 13.7. The van der Waals surface area contributed by atoms with Gasteiger partial charge in [0.1, 0.15) is 22.7 Å². The molecule has 0 spiro atoms. The van der Waals surface area contributed by atoms with Crippen molar-refractivity contribution in [2.75, 3.05) is 0 Å². The van der Waals surface area contributed by atoms with Crippen molar-refractivity contribution in [2.24, 2.45) is 0 Å². The molecule has 1 N–H and O–H groups in total. The van der Waals surface area contributed by atoms with Gasteiger partial charge in [-0.25, -0.2) is 14.4 Å². The Bertz CT molecular complexity index is 1200. The summed E-state index contributed by atoms with van der Waals surface area (Å²) in [7, 11) is 0. The minimum atomic E-state index is -0.295. The van der Waals surface area contributed by atoms with Crippen molar-refractivity contribution in [3.63, 3.8) is 0 Å². The second kappa shape index (κ2) is 5.76. The van der Waals surface area contributed by atoms with Crippen molar-refractivity contribution in [3.05, 3.63) is 60.9 Å². The molecule has 0 radical (unpaired) electrons. The maximum Gasteiger partial charge on any atom is 0.156 e. The standard InChI is InChI=1S/C18H14FN7/c19-12-2-3-13-16(10-12)26(9-8-25-7-1-5-22-25)24-17(13)15-11-21-18-14(23-15)4-6-20-18/h1-7,10-11H,8-9H2,(H,20,21). The molecule has 1 aromatic carbocycles. The zero-order chi connectivity index (χ0) is 17.5. The van der Waals surface area contributed by atoms with E-state index in [1.54, 1.807) is 29.3 Å². The molecule has 0 saturated heterocycles. The number of hydrogen-bond acceptors (Lipinski definition) is 4. The van der Waals surface area contributed by atoms with Crippen LogP contribution in [0.5, 0.6) is 0 Å². The van der Waals surface area contributed by atoms with Gasteiger partial charge in [0.25, 0.3) is 0 Å². The molecular weight excluding hydrogens is 333 g/mol. The summed E-state index contributed by atoms with van der Waals surface area (Å²) in [6, 6.07) is 8.40. The lowest BCUT2D eigenvalue weighted by Gasteiger charge is -2.04. The van der Waals surface area contributed by atoms with Gasteiger partial charge in [-0.1, -0.05) is 0 Å². The molecule has 4 heterocycles. The lowest BCUT2D eigenvalue weighted by Crippen LogP contribution is -2.09. The van der Waals surface area contributed by atoms with E-state index in [4.69, 9.17) is 0 Å². The fraction of sp³-hybridized carbons (Fsp3) is 0.111. The molecule has 0 aliphatic rings. The molecule has 0 atom stereocenters. The Morgan fingerprint density at radius 1 is 1.15 bits per heavy atom. The van der Waals surface area contributed by atoms with Crippen molar-refractivity contribution in [2.45, 2.75) is 13.1 Å². The first kappa shape index (κ1) is 14.8. The molecule has 7 nitrogen and oxygen atoms in total. The molecule has 0 fully saturated rings. The number of rotatable bonds is 4. The van der Waals surface area contributed by atoms with Gasteiger partial charge < -0.3 is 4.98 Å². The van der Waals surface area contributed by atoms with E-state index in [1.165, 1.54) is 12.1 Å². The average molecular weight is 347 g/mol. The third-order valence-electron chi connectivity index (χ3n) is 4.32. The molecule has 0 unspecified atom stereocenters. The highest BCUT2D eigenvalue weighted by Gasteiger charge is 2.15. The van der Waals surface area contributed by atoms with Gasteiger partial charge in [-0.2, -0.15) is 10.2 Å². The van der Waals surface area contributed by atoms with Crippen LogP contribution in [0.15, 0.2) is 55.1 Å². The van der Waals surface area contributed by atoms with Crippen molar-refractivity contribution < 1.29 is 4.39 Å². The molecule has 0 aliphatic heterocycles. The maximum atomic E-state index is 13.8. The third kappa shape index (κ3) is 2.43. The number of benzene rings is 1. The van der Waals surface area contributed by atoms with Gasteiger partial charge in [0.2, 0.25) is 0 Å². The van der Waals surface area contributed by atoms with Crippen LogP contribution in [0.2, 0.25) is 0 Å². The van der Waals surface area contributed by atoms with E-state index in [9.17, 15) is 4.39 Å². The first-order valence-corrected chi connectivity index (χ1v) is 8.22. The van der Waals surface area contributed by atoms with E-state index < -0.39 is 0 Å². The molecular formula is C18H14FN7. The number of aryl methyl sites for hydroxylation is 2. The van der Waals surface area contributed by atoms with E-state index in [0.717, 1.165) is 22.1 Å². The molecule has 5 aromatic rings. The normalized spacial score (nSPS) is 11.6. The van der Waals surface area contributed by atoms with E-state index >= 15 is 0 Å². The van der Waals surface area contributed by atoms with Crippen LogP contribution in [0, 0.1) is 5.82 Å². The average Bonchev–Trinajstić information content (AvgIpc) is 3.39. The minimum Gasteiger partial charge on any atom is -0.345 e. The molecule has 4 aromatic heterocycles. The smallest absolute Gasteiger partial charge is 0.156 e. The zero-order valence-corrected chi connectivity index (χ0v) is 13.7. The Morgan fingerprint density at radius 2 is 2.12 bits per heavy atom. The van der Waals surface area contributed by atoms with Gasteiger partial charge in [-0.3, -0.25) is 9.36 Å². The van der Waals surface area contributed by atoms with Crippen LogP contribution in [0.25, 0.3) is 33.5 Å². The molecule has 128 valence electrons. The fourth-order valence-electron chi connectivity index (χ4n) is 3.08. The predicted molar refractivity (Wildman–Crippen MR) is 94.8 cm³/mol. The van der Waals surface area contributed by atoms with E-state index in [0.29, 0.717) is 24.5 Å². The number of aromatic amines is 1. The Hall–Kier alpha value is -3.55.